The van der Waals surface area contributed by atoms with E-state index in [9.17, 15) is 4.79 Å². The number of nitrogens with one attached hydrogen (secondary N) is 1. The molecule has 2 rings (SSSR count). The molecule has 1 heterocycles. The highest BCUT2D eigenvalue weighted by atomic mass is 79.9. The topological polar surface area (TPSA) is 29.1 Å². The van der Waals surface area contributed by atoms with Crippen molar-refractivity contribution in [1.29, 1.82) is 0 Å². The molecule has 0 spiro atoms. The third-order valence-corrected chi connectivity index (χ3v) is 4.78. The number of thiophene rings is 1. The van der Waals surface area contributed by atoms with Crippen LogP contribution in [0.5, 0.6) is 0 Å². The monoisotopic (exact) mass is 273 g/mol. The molecule has 1 saturated carbocycles. The molecule has 2 nitrogen and oxygen atoms in total. The van der Waals surface area contributed by atoms with Crippen LogP contribution in [0.15, 0.2) is 15.9 Å². The van der Waals surface area contributed by atoms with Crippen LogP contribution in [0.4, 0.5) is 0 Å². The van der Waals surface area contributed by atoms with E-state index in [1.54, 1.807) is 0 Å². The molecule has 1 aromatic rings. The molecule has 1 aliphatic rings. The number of likely N-dealkylation sites (N-methyl/N-ethyl adjacent to an activating group) is 1. The second-order valence-electron chi connectivity index (χ2n) is 3.61. The largest absolute Gasteiger partial charge is 0.308 e. The lowest BCUT2D eigenvalue weighted by atomic mass is 9.73. The van der Waals surface area contributed by atoms with E-state index in [1.165, 1.54) is 11.3 Å². The summed E-state index contributed by atoms with van der Waals surface area (Å²) in [6.07, 6.45) is 3.08. The van der Waals surface area contributed by atoms with Crippen molar-refractivity contribution in [2.45, 2.75) is 24.8 Å². The fraction of sp³-hybridized carbons (Fsp3) is 0.500. The molecule has 0 aromatic carbocycles. The van der Waals surface area contributed by atoms with Crippen molar-refractivity contribution in [3.05, 3.63) is 20.8 Å². The van der Waals surface area contributed by atoms with Gasteiger partial charge in [-0.2, -0.15) is 0 Å². The summed E-state index contributed by atoms with van der Waals surface area (Å²) < 4.78 is 0.925. The van der Waals surface area contributed by atoms with E-state index >= 15 is 0 Å². The van der Waals surface area contributed by atoms with Gasteiger partial charge in [-0.1, -0.05) is 0 Å². The lowest BCUT2D eigenvalue weighted by molar-refractivity contribution is 0.0749. The maximum absolute atomic E-state index is 12.2. The van der Waals surface area contributed by atoms with E-state index in [1.807, 2.05) is 18.5 Å². The molecule has 0 bridgehead atoms. The summed E-state index contributed by atoms with van der Waals surface area (Å²) in [5, 5.41) is 5.11. The van der Waals surface area contributed by atoms with Gasteiger partial charge in [0.05, 0.1) is 10.4 Å². The van der Waals surface area contributed by atoms with E-state index in [4.69, 9.17) is 0 Å². The number of rotatable bonds is 3. The minimum atomic E-state index is -0.270. The van der Waals surface area contributed by atoms with Crippen LogP contribution in [0.3, 0.4) is 0 Å². The Kier molecular flexibility index (Phi) is 2.77. The van der Waals surface area contributed by atoms with E-state index < -0.39 is 0 Å². The molecule has 0 atom stereocenters. The van der Waals surface area contributed by atoms with Gasteiger partial charge in [0.2, 0.25) is 0 Å². The first kappa shape index (κ1) is 10.3. The third-order valence-electron chi connectivity index (χ3n) is 2.94. The summed E-state index contributed by atoms with van der Waals surface area (Å²) in [6.45, 7) is 0. The molecule has 1 N–H and O–H groups in total. The van der Waals surface area contributed by atoms with Crippen molar-refractivity contribution in [2.75, 3.05) is 7.05 Å². The first-order valence-electron chi connectivity index (χ1n) is 4.66. The van der Waals surface area contributed by atoms with Gasteiger partial charge in [-0.25, -0.2) is 0 Å². The van der Waals surface area contributed by atoms with Gasteiger partial charge in [0.25, 0.3) is 0 Å². The SMILES string of the molecule is CNC1(C(=O)c2sccc2Br)CCC1. The molecule has 0 saturated heterocycles. The number of carbonyl (C=O) groups excluding carboxylic acids is 1. The normalized spacial score (nSPS) is 19.0. The van der Waals surface area contributed by atoms with E-state index in [-0.39, 0.29) is 11.3 Å². The molecular weight excluding hydrogens is 262 g/mol. The molecule has 0 aliphatic heterocycles. The van der Waals surface area contributed by atoms with Crippen LogP contribution in [0.1, 0.15) is 28.9 Å². The molecule has 1 aromatic heterocycles. The average Bonchev–Trinajstić information content (AvgIpc) is 2.50. The number of ketones is 1. The van der Waals surface area contributed by atoms with Crippen molar-refractivity contribution in [2.24, 2.45) is 0 Å². The van der Waals surface area contributed by atoms with Crippen molar-refractivity contribution < 1.29 is 4.79 Å². The van der Waals surface area contributed by atoms with Crippen molar-refractivity contribution in [1.82, 2.24) is 5.32 Å². The Balaban J connectivity index is 2.27. The highest BCUT2D eigenvalue weighted by Gasteiger charge is 2.43. The number of carbonyl (C=O) groups is 1. The molecule has 76 valence electrons. The molecule has 0 radical (unpaired) electrons. The van der Waals surface area contributed by atoms with E-state index in [2.05, 4.69) is 21.2 Å². The van der Waals surface area contributed by atoms with Crippen LogP contribution in [0.2, 0.25) is 0 Å². The zero-order valence-electron chi connectivity index (χ0n) is 7.97. The Labute approximate surface area is 95.8 Å². The summed E-state index contributed by atoms with van der Waals surface area (Å²) in [7, 11) is 1.87. The van der Waals surface area contributed by atoms with Crippen LogP contribution in [-0.2, 0) is 0 Å². The fourth-order valence-electron chi connectivity index (χ4n) is 1.79. The quantitative estimate of drug-likeness (QED) is 0.859. The summed E-state index contributed by atoms with van der Waals surface area (Å²) in [4.78, 5) is 13.0. The van der Waals surface area contributed by atoms with Gasteiger partial charge in [0.15, 0.2) is 5.78 Å². The zero-order valence-corrected chi connectivity index (χ0v) is 10.4. The van der Waals surface area contributed by atoms with E-state index in [0.717, 1.165) is 28.6 Å². The predicted octanol–water partition coefficient (Wildman–Crippen LogP) is 2.84. The van der Waals surface area contributed by atoms with Gasteiger partial charge in [-0.05, 0) is 53.7 Å². The van der Waals surface area contributed by atoms with Crippen LogP contribution < -0.4 is 5.32 Å². The summed E-state index contributed by atoms with van der Waals surface area (Å²) in [6, 6.07) is 1.93. The van der Waals surface area contributed by atoms with Crippen LogP contribution in [0, 0.1) is 0 Å². The van der Waals surface area contributed by atoms with Gasteiger partial charge in [0.1, 0.15) is 0 Å². The Morgan fingerprint density at radius 2 is 2.36 bits per heavy atom. The number of halogens is 1. The van der Waals surface area contributed by atoms with Crippen molar-refractivity contribution in [3.63, 3.8) is 0 Å². The maximum Gasteiger partial charge on any atom is 0.193 e. The Bertz CT molecular complexity index is 351. The lowest BCUT2D eigenvalue weighted by Crippen LogP contribution is -2.55. The molecule has 4 heteroatoms. The van der Waals surface area contributed by atoms with E-state index in [0.29, 0.717) is 0 Å². The van der Waals surface area contributed by atoms with Crippen LogP contribution in [0.25, 0.3) is 0 Å². The summed E-state index contributed by atoms with van der Waals surface area (Å²) >= 11 is 4.92. The maximum atomic E-state index is 12.2. The molecule has 0 amide bonds. The predicted molar refractivity (Wildman–Crippen MR) is 62.0 cm³/mol. The second kappa shape index (κ2) is 3.76. The van der Waals surface area contributed by atoms with Gasteiger partial charge in [0, 0.05) is 4.47 Å². The van der Waals surface area contributed by atoms with Gasteiger partial charge < -0.3 is 5.32 Å². The Hall–Kier alpha value is -0.190. The molecule has 1 aliphatic carbocycles. The minimum Gasteiger partial charge on any atom is -0.308 e. The first-order chi connectivity index (χ1) is 6.69. The highest BCUT2D eigenvalue weighted by Crippen LogP contribution is 2.37. The fourth-order valence-corrected chi connectivity index (χ4v) is 3.38. The molecule has 1 fully saturated rings. The number of hydrogen-bond acceptors (Lipinski definition) is 3. The van der Waals surface area contributed by atoms with Crippen molar-refractivity contribution >= 4 is 33.0 Å². The number of hydrogen-bond donors (Lipinski definition) is 1. The first-order valence-corrected chi connectivity index (χ1v) is 6.33. The molecule has 14 heavy (non-hydrogen) atoms. The van der Waals surface area contributed by atoms with Gasteiger partial charge in [-0.15, -0.1) is 11.3 Å². The number of Topliss-reactive ketones (excluding diaryl/α,β-unsaturated/α-hetero) is 1. The average molecular weight is 274 g/mol. The summed E-state index contributed by atoms with van der Waals surface area (Å²) in [5.41, 5.74) is -0.270. The molecule has 0 unspecified atom stereocenters. The molecular formula is C10H12BrNOS. The van der Waals surface area contributed by atoms with Gasteiger partial charge >= 0.3 is 0 Å². The van der Waals surface area contributed by atoms with Crippen molar-refractivity contribution in [3.8, 4) is 0 Å². The highest BCUT2D eigenvalue weighted by molar-refractivity contribution is 9.10. The third kappa shape index (κ3) is 1.45. The Morgan fingerprint density at radius 1 is 1.64 bits per heavy atom. The Morgan fingerprint density at radius 3 is 2.71 bits per heavy atom. The zero-order chi connectivity index (χ0) is 10.2. The second-order valence-corrected chi connectivity index (χ2v) is 5.38. The standard InChI is InChI=1S/C10H12BrNOS/c1-12-10(4-2-5-10)9(13)8-7(11)3-6-14-8/h3,6,12H,2,4-5H2,1H3. The van der Waals surface area contributed by atoms with Crippen LogP contribution in [-0.4, -0.2) is 18.4 Å². The smallest absolute Gasteiger partial charge is 0.193 e. The van der Waals surface area contributed by atoms with Crippen LogP contribution >= 0.6 is 27.3 Å². The summed E-state index contributed by atoms with van der Waals surface area (Å²) in [5.74, 6) is 0.244. The van der Waals surface area contributed by atoms with Gasteiger partial charge in [-0.3, -0.25) is 4.79 Å². The minimum absolute atomic E-state index is 0.244. The lowest BCUT2D eigenvalue weighted by Gasteiger charge is -2.39.